The fourth-order valence-corrected chi connectivity index (χ4v) is 3.02. The van der Waals surface area contributed by atoms with E-state index in [1.807, 2.05) is 6.92 Å². The molecule has 3 nitrogen and oxygen atoms in total. The molecule has 0 saturated carbocycles. The van der Waals surface area contributed by atoms with Crippen LogP contribution in [0.1, 0.15) is 22.2 Å². The first-order valence-electron chi connectivity index (χ1n) is 5.09. The minimum absolute atomic E-state index is 0.454. The molecular weight excluding hydrogens is 279 g/mol. The zero-order chi connectivity index (χ0) is 12.6. The molecule has 0 amide bonds. The summed E-state index contributed by atoms with van der Waals surface area (Å²) >= 11 is 13.4. The second-order valence-corrected chi connectivity index (χ2v) is 5.60. The highest BCUT2D eigenvalue weighted by Crippen LogP contribution is 2.30. The third-order valence-electron chi connectivity index (χ3n) is 2.58. The van der Waals surface area contributed by atoms with Gasteiger partial charge in [0.05, 0.1) is 16.8 Å². The van der Waals surface area contributed by atoms with E-state index in [4.69, 9.17) is 23.2 Å². The summed E-state index contributed by atoms with van der Waals surface area (Å²) in [6.07, 6.45) is -0.136. The number of rotatable bonds is 3. The summed E-state index contributed by atoms with van der Waals surface area (Å²) in [5, 5.41) is 17.3. The van der Waals surface area contributed by atoms with Gasteiger partial charge in [-0.2, -0.15) is 5.10 Å². The van der Waals surface area contributed by atoms with E-state index in [0.717, 1.165) is 16.1 Å². The first kappa shape index (κ1) is 12.9. The van der Waals surface area contributed by atoms with Crippen LogP contribution in [0, 0.1) is 6.92 Å². The van der Waals surface area contributed by atoms with Gasteiger partial charge in [0.2, 0.25) is 0 Å². The lowest BCUT2D eigenvalue weighted by Crippen LogP contribution is -2.00. The fraction of sp³-hybridized carbons (Fsp3) is 0.364. The minimum atomic E-state index is -0.590. The van der Waals surface area contributed by atoms with Crippen molar-refractivity contribution in [3.63, 3.8) is 0 Å². The zero-order valence-electron chi connectivity index (χ0n) is 9.44. The standard InChI is InChI=1S/C11H12Cl2N2OS/c1-6-8(11(13)15(2)14-6)4-9(16)10-3-7(12)5-17-10/h3,5,9,16H,4H2,1-2H3. The fourth-order valence-electron chi connectivity index (χ4n) is 1.70. The van der Waals surface area contributed by atoms with Crippen LogP contribution in [-0.4, -0.2) is 14.9 Å². The molecule has 0 bridgehead atoms. The Morgan fingerprint density at radius 3 is 2.71 bits per heavy atom. The van der Waals surface area contributed by atoms with E-state index in [9.17, 15) is 5.11 Å². The van der Waals surface area contributed by atoms with Crippen LogP contribution in [0.4, 0.5) is 0 Å². The van der Waals surface area contributed by atoms with Gasteiger partial charge in [0.15, 0.2) is 0 Å². The second kappa shape index (κ2) is 4.98. The van der Waals surface area contributed by atoms with Gasteiger partial charge in [0, 0.05) is 29.3 Å². The largest absolute Gasteiger partial charge is 0.387 e. The number of aliphatic hydroxyl groups is 1. The number of thiophene rings is 1. The number of aryl methyl sites for hydroxylation is 2. The Morgan fingerprint density at radius 2 is 2.24 bits per heavy atom. The van der Waals surface area contributed by atoms with Gasteiger partial charge in [-0.25, -0.2) is 0 Å². The zero-order valence-corrected chi connectivity index (χ0v) is 11.8. The smallest absolute Gasteiger partial charge is 0.130 e. The predicted octanol–water partition coefficient (Wildman–Crippen LogP) is 3.37. The predicted molar refractivity (Wildman–Crippen MR) is 70.9 cm³/mol. The highest BCUT2D eigenvalue weighted by atomic mass is 35.5. The minimum Gasteiger partial charge on any atom is -0.387 e. The van der Waals surface area contributed by atoms with Crippen molar-refractivity contribution in [2.24, 2.45) is 7.05 Å². The molecular formula is C11H12Cl2N2OS. The van der Waals surface area contributed by atoms with Gasteiger partial charge in [-0.1, -0.05) is 23.2 Å². The van der Waals surface area contributed by atoms with E-state index in [0.29, 0.717) is 16.6 Å². The average molecular weight is 291 g/mol. The van der Waals surface area contributed by atoms with E-state index in [1.54, 1.807) is 23.2 Å². The van der Waals surface area contributed by atoms with Crippen LogP contribution in [0.25, 0.3) is 0 Å². The van der Waals surface area contributed by atoms with Crippen LogP contribution in [-0.2, 0) is 13.5 Å². The van der Waals surface area contributed by atoms with Crippen LogP contribution >= 0.6 is 34.5 Å². The summed E-state index contributed by atoms with van der Waals surface area (Å²) in [4.78, 5) is 0.842. The number of hydrogen-bond acceptors (Lipinski definition) is 3. The third-order valence-corrected chi connectivity index (χ3v) is 4.44. The van der Waals surface area contributed by atoms with E-state index in [2.05, 4.69) is 5.10 Å². The maximum absolute atomic E-state index is 10.1. The van der Waals surface area contributed by atoms with E-state index >= 15 is 0 Å². The second-order valence-electron chi connectivity index (χ2n) is 3.87. The summed E-state index contributed by atoms with van der Waals surface area (Å²) in [6.45, 7) is 1.88. The molecule has 0 spiro atoms. The van der Waals surface area contributed by atoms with E-state index in [-0.39, 0.29) is 0 Å². The summed E-state index contributed by atoms with van der Waals surface area (Å²) in [7, 11) is 1.78. The number of nitrogens with zero attached hydrogens (tertiary/aromatic N) is 2. The Morgan fingerprint density at radius 1 is 1.53 bits per heavy atom. The van der Waals surface area contributed by atoms with Crippen molar-refractivity contribution in [2.75, 3.05) is 0 Å². The van der Waals surface area contributed by atoms with Gasteiger partial charge < -0.3 is 5.11 Å². The van der Waals surface area contributed by atoms with E-state index < -0.39 is 6.10 Å². The van der Waals surface area contributed by atoms with Crippen molar-refractivity contribution in [1.29, 1.82) is 0 Å². The lowest BCUT2D eigenvalue weighted by atomic mass is 10.1. The highest BCUT2D eigenvalue weighted by molar-refractivity contribution is 7.10. The quantitative estimate of drug-likeness (QED) is 0.941. The van der Waals surface area contributed by atoms with Gasteiger partial charge in [0.1, 0.15) is 5.15 Å². The Labute approximate surface area is 114 Å². The van der Waals surface area contributed by atoms with Crippen molar-refractivity contribution in [1.82, 2.24) is 9.78 Å². The summed E-state index contributed by atoms with van der Waals surface area (Å²) in [5.74, 6) is 0. The molecule has 1 unspecified atom stereocenters. The van der Waals surface area contributed by atoms with Crippen LogP contribution < -0.4 is 0 Å². The summed E-state index contributed by atoms with van der Waals surface area (Å²) in [6, 6.07) is 1.77. The van der Waals surface area contributed by atoms with Crippen LogP contribution in [0.5, 0.6) is 0 Å². The molecule has 1 N–H and O–H groups in total. The van der Waals surface area contributed by atoms with Crippen molar-refractivity contribution < 1.29 is 5.11 Å². The molecule has 6 heteroatoms. The molecule has 0 saturated heterocycles. The Balaban J connectivity index is 2.21. The molecule has 0 aliphatic rings. The third kappa shape index (κ3) is 2.65. The SMILES string of the molecule is Cc1nn(C)c(Cl)c1CC(O)c1cc(Cl)cs1. The molecule has 0 aromatic carbocycles. The molecule has 2 aromatic rings. The van der Waals surface area contributed by atoms with Gasteiger partial charge in [-0.05, 0) is 13.0 Å². The van der Waals surface area contributed by atoms with E-state index in [1.165, 1.54) is 11.3 Å². The number of hydrogen-bond donors (Lipinski definition) is 1. The average Bonchev–Trinajstić information content (AvgIpc) is 2.79. The number of aromatic nitrogens is 2. The van der Waals surface area contributed by atoms with Crippen molar-refractivity contribution in [2.45, 2.75) is 19.4 Å². The molecule has 92 valence electrons. The number of aliphatic hydroxyl groups excluding tert-OH is 1. The molecule has 0 aliphatic heterocycles. The molecule has 1 atom stereocenters. The molecule has 2 rings (SSSR count). The molecule has 2 heterocycles. The maximum atomic E-state index is 10.1. The van der Waals surface area contributed by atoms with Crippen molar-refractivity contribution >= 4 is 34.5 Å². The molecule has 17 heavy (non-hydrogen) atoms. The lowest BCUT2D eigenvalue weighted by molar-refractivity contribution is 0.182. The van der Waals surface area contributed by atoms with Crippen LogP contribution in [0.3, 0.4) is 0 Å². The van der Waals surface area contributed by atoms with Crippen molar-refractivity contribution in [3.8, 4) is 0 Å². The molecule has 0 fully saturated rings. The van der Waals surface area contributed by atoms with Gasteiger partial charge in [-0.3, -0.25) is 4.68 Å². The monoisotopic (exact) mass is 290 g/mol. The van der Waals surface area contributed by atoms with Crippen LogP contribution in [0.2, 0.25) is 10.2 Å². The number of halogens is 2. The Hall–Kier alpha value is -0.550. The molecule has 2 aromatic heterocycles. The summed E-state index contributed by atoms with van der Waals surface area (Å²) < 4.78 is 1.61. The highest BCUT2D eigenvalue weighted by Gasteiger charge is 2.17. The summed E-state index contributed by atoms with van der Waals surface area (Å²) in [5.41, 5.74) is 1.73. The Bertz CT molecular complexity index is 536. The first-order valence-corrected chi connectivity index (χ1v) is 6.72. The Kier molecular flexibility index (Phi) is 3.78. The topological polar surface area (TPSA) is 38.0 Å². The normalized spacial score (nSPS) is 13.0. The van der Waals surface area contributed by atoms with Gasteiger partial charge >= 0.3 is 0 Å². The van der Waals surface area contributed by atoms with Gasteiger partial charge in [0.25, 0.3) is 0 Å². The van der Waals surface area contributed by atoms with Gasteiger partial charge in [-0.15, -0.1) is 11.3 Å². The lowest BCUT2D eigenvalue weighted by Gasteiger charge is -2.08. The van der Waals surface area contributed by atoms with Crippen LogP contribution in [0.15, 0.2) is 11.4 Å². The first-order chi connectivity index (χ1) is 7.99. The molecule has 0 radical (unpaired) electrons. The molecule has 0 aliphatic carbocycles. The maximum Gasteiger partial charge on any atom is 0.130 e. The van der Waals surface area contributed by atoms with Crippen molar-refractivity contribution in [3.05, 3.63) is 37.8 Å².